The van der Waals surface area contributed by atoms with Crippen LogP contribution in [-0.4, -0.2) is 19.5 Å². The van der Waals surface area contributed by atoms with E-state index in [1.165, 1.54) is 10.9 Å². The van der Waals surface area contributed by atoms with Gasteiger partial charge in [0.1, 0.15) is 0 Å². The van der Waals surface area contributed by atoms with Gasteiger partial charge in [-0.2, -0.15) is 4.98 Å². The van der Waals surface area contributed by atoms with Gasteiger partial charge in [0.2, 0.25) is 5.95 Å². The quantitative estimate of drug-likeness (QED) is 0.708. The summed E-state index contributed by atoms with van der Waals surface area (Å²) in [7, 11) is 0. The van der Waals surface area contributed by atoms with Gasteiger partial charge in [-0.05, 0) is 6.42 Å². The number of nitrogen functional groups attached to an aromatic ring is 1. The summed E-state index contributed by atoms with van der Waals surface area (Å²) in [6, 6.07) is 0. The molecule has 2 aromatic rings. The highest BCUT2D eigenvalue weighted by molar-refractivity contribution is 5.69. The van der Waals surface area contributed by atoms with E-state index in [0.29, 0.717) is 17.7 Å². The standard InChI is InChI=1S/C8H11N5O/c1-2-3-13-7(14)5-6(11-4-10-5)12-8(13)9/h4H,2-3H2,1H3,(H2,9,12)(H,10,11). The summed E-state index contributed by atoms with van der Waals surface area (Å²) >= 11 is 0. The molecule has 3 N–H and O–H groups in total. The van der Waals surface area contributed by atoms with Crippen LogP contribution in [0.25, 0.3) is 11.2 Å². The maximum atomic E-state index is 11.8. The van der Waals surface area contributed by atoms with Gasteiger partial charge >= 0.3 is 0 Å². The van der Waals surface area contributed by atoms with Crippen LogP contribution in [0.4, 0.5) is 5.95 Å². The van der Waals surface area contributed by atoms with E-state index in [1.54, 1.807) is 0 Å². The van der Waals surface area contributed by atoms with Crippen molar-refractivity contribution in [2.24, 2.45) is 0 Å². The van der Waals surface area contributed by atoms with Gasteiger partial charge < -0.3 is 10.7 Å². The minimum atomic E-state index is -0.185. The molecule has 2 aromatic heterocycles. The van der Waals surface area contributed by atoms with Gasteiger partial charge in [-0.25, -0.2) is 4.98 Å². The molecule has 0 saturated heterocycles. The molecule has 6 nitrogen and oxygen atoms in total. The van der Waals surface area contributed by atoms with E-state index in [0.717, 1.165) is 6.42 Å². The molecule has 0 radical (unpaired) electrons. The molecule has 2 heterocycles. The molecular formula is C8H11N5O. The Hall–Kier alpha value is -1.85. The predicted molar refractivity (Wildman–Crippen MR) is 52.9 cm³/mol. The average Bonchev–Trinajstić information content (AvgIpc) is 2.60. The zero-order valence-corrected chi connectivity index (χ0v) is 7.82. The average molecular weight is 193 g/mol. The molecule has 0 aliphatic rings. The molecule has 0 aliphatic heterocycles. The van der Waals surface area contributed by atoms with E-state index in [4.69, 9.17) is 5.73 Å². The lowest BCUT2D eigenvalue weighted by Crippen LogP contribution is -2.24. The number of nitrogens with one attached hydrogen (secondary N) is 1. The SMILES string of the molecule is CCCn1c(N)nc2[nH]cnc2c1=O. The number of fused-ring (bicyclic) bond motifs is 1. The highest BCUT2D eigenvalue weighted by atomic mass is 16.1. The number of hydrogen-bond donors (Lipinski definition) is 2. The van der Waals surface area contributed by atoms with Gasteiger partial charge in [0.05, 0.1) is 6.33 Å². The number of H-pyrrole nitrogens is 1. The smallest absolute Gasteiger partial charge is 0.283 e. The summed E-state index contributed by atoms with van der Waals surface area (Å²) in [5.74, 6) is 0.230. The summed E-state index contributed by atoms with van der Waals surface area (Å²) in [5.41, 5.74) is 6.24. The van der Waals surface area contributed by atoms with Crippen LogP contribution in [0.1, 0.15) is 13.3 Å². The van der Waals surface area contributed by atoms with Crippen molar-refractivity contribution in [2.75, 3.05) is 5.73 Å². The monoisotopic (exact) mass is 193 g/mol. The number of rotatable bonds is 2. The summed E-state index contributed by atoms with van der Waals surface area (Å²) in [6.45, 7) is 2.54. The number of aromatic amines is 1. The molecule has 0 aliphatic carbocycles. The van der Waals surface area contributed by atoms with E-state index in [2.05, 4.69) is 15.0 Å². The third-order valence-corrected chi connectivity index (χ3v) is 2.02. The summed E-state index contributed by atoms with van der Waals surface area (Å²) in [6.07, 6.45) is 2.27. The minimum Gasteiger partial charge on any atom is -0.369 e. The van der Waals surface area contributed by atoms with E-state index >= 15 is 0 Å². The number of hydrogen-bond acceptors (Lipinski definition) is 4. The molecule has 0 saturated carbocycles. The van der Waals surface area contributed by atoms with Gasteiger partial charge in [-0.15, -0.1) is 0 Å². The van der Waals surface area contributed by atoms with Crippen LogP contribution >= 0.6 is 0 Å². The zero-order valence-electron chi connectivity index (χ0n) is 7.82. The number of nitrogens with two attached hydrogens (primary N) is 1. The lowest BCUT2D eigenvalue weighted by molar-refractivity contribution is 0.658. The van der Waals surface area contributed by atoms with Crippen molar-refractivity contribution in [2.45, 2.75) is 19.9 Å². The lowest BCUT2D eigenvalue weighted by Gasteiger charge is -2.05. The number of anilines is 1. The molecule has 0 unspecified atom stereocenters. The van der Waals surface area contributed by atoms with Crippen molar-refractivity contribution in [3.63, 3.8) is 0 Å². The molecule has 0 aromatic carbocycles. The van der Waals surface area contributed by atoms with Crippen molar-refractivity contribution in [1.82, 2.24) is 19.5 Å². The van der Waals surface area contributed by atoms with Crippen molar-refractivity contribution >= 4 is 17.1 Å². The summed E-state index contributed by atoms with van der Waals surface area (Å²) < 4.78 is 1.43. The highest BCUT2D eigenvalue weighted by Crippen LogP contribution is 2.04. The Morgan fingerprint density at radius 2 is 2.43 bits per heavy atom. The van der Waals surface area contributed by atoms with Crippen molar-refractivity contribution < 1.29 is 0 Å². The van der Waals surface area contributed by atoms with E-state index in [1.807, 2.05) is 6.92 Å². The molecule has 6 heteroatoms. The van der Waals surface area contributed by atoms with Crippen LogP contribution in [0.15, 0.2) is 11.1 Å². The maximum Gasteiger partial charge on any atom is 0.283 e. The molecule has 0 amide bonds. The first-order chi connectivity index (χ1) is 6.74. The second-order valence-corrected chi connectivity index (χ2v) is 3.03. The first kappa shape index (κ1) is 8.74. The van der Waals surface area contributed by atoms with Crippen LogP contribution in [0.5, 0.6) is 0 Å². The molecule has 0 atom stereocenters. The van der Waals surface area contributed by atoms with Crippen LogP contribution in [0, 0.1) is 0 Å². The first-order valence-corrected chi connectivity index (χ1v) is 4.43. The fourth-order valence-corrected chi connectivity index (χ4v) is 1.38. The van der Waals surface area contributed by atoms with Crippen LogP contribution in [0.2, 0.25) is 0 Å². The second-order valence-electron chi connectivity index (χ2n) is 3.03. The molecule has 0 spiro atoms. The van der Waals surface area contributed by atoms with Crippen LogP contribution in [-0.2, 0) is 6.54 Å². The molecule has 74 valence electrons. The molecule has 14 heavy (non-hydrogen) atoms. The number of aromatic nitrogens is 4. The summed E-state index contributed by atoms with van der Waals surface area (Å²) in [5, 5.41) is 0. The Morgan fingerprint density at radius 3 is 3.14 bits per heavy atom. The van der Waals surface area contributed by atoms with Crippen molar-refractivity contribution in [3.05, 3.63) is 16.7 Å². The van der Waals surface area contributed by atoms with E-state index in [-0.39, 0.29) is 11.5 Å². The molecule has 2 rings (SSSR count). The minimum absolute atomic E-state index is 0.185. The van der Waals surface area contributed by atoms with E-state index < -0.39 is 0 Å². The number of imidazole rings is 1. The van der Waals surface area contributed by atoms with Gasteiger partial charge in [0.15, 0.2) is 11.2 Å². The lowest BCUT2D eigenvalue weighted by atomic mass is 10.4. The third kappa shape index (κ3) is 1.15. The summed E-state index contributed by atoms with van der Waals surface area (Å²) in [4.78, 5) is 22.4. The molecular weight excluding hydrogens is 182 g/mol. The Balaban J connectivity index is 2.76. The predicted octanol–water partition coefficient (Wildman–Crippen LogP) is 0.112. The highest BCUT2D eigenvalue weighted by Gasteiger charge is 2.09. The van der Waals surface area contributed by atoms with Gasteiger partial charge in [0, 0.05) is 6.54 Å². The third-order valence-electron chi connectivity index (χ3n) is 2.02. The van der Waals surface area contributed by atoms with Crippen molar-refractivity contribution in [3.8, 4) is 0 Å². The molecule has 0 fully saturated rings. The van der Waals surface area contributed by atoms with Crippen LogP contribution < -0.4 is 11.3 Å². The Labute approximate surface area is 79.8 Å². The van der Waals surface area contributed by atoms with Crippen LogP contribution in [0.3, 0.4) is 0 Å². The van der Waals surface area contributed by atoms with Gasteiger partial charge in [-0.1, -0.05) is 6.92 Å². The maximum absolute atomic E-state index is 11.8. The molecule has 0 bridgehead atoms. The van der Waals surface area contributed by atoms with Gasteiger partial charge in [0.25, 0.3) is 5.56 Å². The Morgan fingerprint density at radius 1 is 1.64 bits per heavy atom. The first-order valence-electron chi connectivity index (χ1n) is 4.43. The topological polar surface area (TPSA) is 89.6 Å². The zero-order chi connectivity index (χ0) is 10.1. The van der Waals surface area contributed by atoms with E-state index in [9.17, 15) is 4.79 Å². The fourth-order valence-electron chi connectivity index (χ4n) is 1.38. The number of nitrogens with zero attached hydrogens (tertiary/aromatic N) is 3. The normalized spacial score (nSPS) is 10.9. The van der Waals surface area contributed by atoms with Gasteiger partial charge in [-0.3, -0.25) is 9.36 Å². The Kier molecular flexibility index (Phi) is 1.95. The Bertz CT molecular complexity index is 512. The van der Waals surface area contributed by atoms with Crippen molar-refractivity contribution in [1.29, 1.82) is 0 Å². The largest absolute Gasteiger partial charge is 0.369 e. The second kappa shape index (κ2) is 3.13. The fraction of sp³-hybridized carbons (Fsp3) is 0.375.